The number of amidine groups is 1. The van der Waals surface area contributed by atoms with Crippen LogP contribution in [0.2, 0.25) is 0 Å². The molecule has 2 heterocycles. The summed E-state index contributed by atoms with van der Waals surface area (Å²) in [6.07, 6.45) is -0.375. The van der Waals surface area contributed by atoms with Crippen molar-refractivity contribution < 1.29 is 19.5 Å². The molecule has 2 aliphatic heterocycles. The Morgan fingerprint density at radius 1 is 1.55 bits per heavy atom. The molecule has 0 aromatic rings. The zero-order valence-electron chi connectivity index (χ0n) is 10.5. The molecular weight excluding hydrogens is 284 g/mol. The van der Waals surface area contributed by atoms with E-state index in [4.69, 9.17) is 10.8 Å². The minimum Gasteiger partial charge on any atom is -0.480 e. The minimum absolute atomic E-state index is 0.0502. The number of carbonyl (C=O) groups is 3. The highest BCUT2D eigenvalue weighted by molar-refractivity contribution is 8.16. The van der Waals surface area contributed by atoms with Gasteiger partial charge in [-0.05, 0) is 5.41 Å². The number of amides is 2. The second kappa shape index (κ2) is 5.95. The largest absolute Gasteiger partial charge is 0.480 e. The molecule has 0 aromatic carbocycles. The number of nitrogens with zero attached hydrogens (tertiary/aromatic N) is 2. The number of nitrogens with one attached hydrogen (secondary N) is 1. The molecule has 0 aromatic heterocycles. The van der Waals surface area contributed by atoms with Gasteiger partial charge in [-0.15, -0.1) is 0 Å². The van der Waals surface area contributed by atoms with E-state index >= 15 is 0 Å². The molecule has 0 aliphatic carbocycles. The third-order valence-electron chi connectivity index (χ3n) is 2.83. The summed E-state index contributed by atoms with van der Waals surface area (Å²) in [5.74, 6) is -2.52. The lowest BCUT2D eigenvalue weighted by atomic mass is 10.2. The summed E-state index contributed by atoms with van der Waals surface area (Å²) < 4.78 is 0. The number of thioether (sulfide) groups is 1. The summed E-state index contributed by atoms with van der Waals surface area (Å²) in [6, 6.07) is -1.29. The first-order valence-electron chi connectivity index (χ1n) is 5.95. The number of carboxylic acid groups (broad SMARTS) is 1. The van der Waals surface area contributed by atoms with E-state index in [9.17, 15) is 14.4 Å². The molecule has 108 valence electrons. The summed E-state index contributed by atoms with van der Waals surface area (Å²) >= 11 is 1.44. The molecule has 9 heteroatoms. The Morgan fingerprint density at radius 3 is 2.95 bits per heavy atom. The van der Waals surface area contributed by atoms with E-state index in [1.807, 2.05) is 10.3 Å². The average Bonchev–Trinajstić information content (AvgIpc) is 2.92. The summed E-state index contributed by atoms with van der Waals surface area (Å²) in [4.78, 5) is 39.7. The van der Waals surface area contributed by atoms with Crippen molar-refractivity contribution in [1.29, 1.82) is 0 Å². The van der Waals surface area contributed by atoms with Crippen LogP contribution in [0.25, 0.3) is 0 Å². The predicted molar refractivity (Wildman–Crippen MR) is 72.7 cm³/mol. The molecule has 0 spiro atoms. The Bertz CT molecular complexity index is 517. The number of carbonyl (C=O) groups excluding carboxylic acids is 2. The van der Waals surface area contributed by atoms with Crippen molar-refractivity contribution in [2.75, 3.05) is 13.1 Å². The summed E-state index contributed by atoms with van der Waals surface area (Å²) in [5, 5.41) is 13.9. The summed E-state index contributed by atoms with van der Waals surface area (Å²) in [7, 11) is 0. The number of aliphatic imine (C=N–C) groups is 1. The van der Waals surface area contributed by atoms with Gasteiger partial charge in [0.05, 0.1) is 19.4 Å². The molecular formula is C11H14N4O4S. The summed E-state index contributed by atoms with van der Waals surface area (Å²) in [5.41, 5.74) is 5.73. The third kappa shape index (κ3) is 3.29. The van der Waals surface area contributed by atoms with Gasteiger partial charge in [0.25, 0.3) is 0 Å². The highest BCUT2D eigenvalue weighted by atomic mass is 32.2. The van der Waals surface area contributed by atoms with E-state index in [-0.39, 0.29) is 6.42 Å². The minimum atomic E-state index is -1.29. The van der Waals surface area contributed by atoms with Crippen LogP contribution in [0, 0.1) is 0 Å². The highest BCUT2D eigenvalue weighted by Crippen LogP contribution is 2.30. The molecule has 0 saturated heterocycles. The van der Waals surface area contributed by atoms with Crippen molar-refractivity contribution in [3.63, 3.8) is 0 Å². The van der Waals surface area contributed by atoms with E-state index in [2.05, 4.69) is 10.3 Å². The van der Waals surface area contributed by atoms with Gasteiger partial charge < -0.3 is 21.1 Å². The summed E-state index contributed by atoms with van der Waals surface area (Å²) in [6.45, 7) is 1.42. The molecule has 4 N–H and O–H groups in total. The van der Waals surface area contributed by atoms with Gasteiger partial charge in [-0.25, -0.2) is 4.79 Å². The monoisotopic (exact) mass is 298 g/mol. The quantitative estimate of drug-likeness (QED) is 0.582. The van der Waals surface area contributed by atoms with Crippen LogP contribution >= 0.6 is 11.8 Å². The van der Waals surface area contributed by atoms with Crippen molar-refractivity contribution in [2.45, 2.75) is 18.9 Å². The predicted octanol–water partition coefficient (Wildman–Crippen LogP) is -0.919. The Kier molecular flexibility index (Phi) is 4.28. The van der Waals surface area contributed by atoms with Crippen LogP contribution in [0.5, 0.6) is 0 Å². The Morgan fingerprint density at radius 2 is 2.30 bits per heavy atom. The maximum atomic E-state index is 11.8. The fraction of sp³-hybridized carbons (Fsp3) is 0.455. The van der Waals surface area contributed by atoms with Gasteiger partial charge in [0, 0.05) is 12.2 Å². The molecule has 2 amide bonds. The SMILES string of the molecule is NC(=O)CC(NC(=O)CC1=CSC2=NCCN12)C(=O)O. The number of nitrogens with two attached hydrogens (primary N) is 1. The number of hydrogen-bond donors (Lipinski definition) is 3. The maximum Gasteiger partial charge on any atom is 0.326 e. The van der Waals surface area contributed by atoms with Crippen LogP contribution in [0.3, 0.4) is 0 Å². The molecule has 0 radical (unpaired) electrons. The molecule has 1 unspecified atom stereocenters. The number of fused-ring (bicyclic) bond motifs is 1. The van der Waals surface area contributed by atoms with Gasteiger partial charge in [0.1, 0.15) is 6.04 Å². The fourth-order valence-corrected chi connectivity index (χ4v) is 2.88. The van der Waals surface area contributed by atoms with Crippen LogP contribution in [0.4, 0.5) is 0 Å². The average molecular weight is 298 g/mol. The van der Waals surface area contributed by atoms with E-state index in [1.165, 1.54) is 11.8 Å². The Labute approximate surface area is 119 Å². The van der Waals surface area contributed by atoms with Crippen LogP contribution in [0.1, 0.15) is 12.8 Å². The van der Waals surface area contributed by atoms with E-state index in [0.717, 1.165) is 17.4 Å². The molecule has 0 bridgehead atoms. The zero-order valence-corrected chi connectivity index (χ0v) is 11.4. The Hall–Kier alpha value is -2.03. The number of primary amides is 1. The molecule has 8 nitrogen and oxygen atoms in total. The molecule has 0 saturated carbocycles. The van der Waals surface area contributed by atoms with Crippen LogP contribution in [-0.4, -0.2) is 52.1 Å². The zero-order chi connectivity index (χ0) is 14.7. The van der Waals surface area contributed by atoms with Gasteiger partial charge >= 0.3 is 5.97 Å². The highest BCUT2D eigenvalue weighted by Gasteiger charge is 2.29. The fourth-order valence-electron chi connectivity index (χ4n) is 1.93. The number of carboxylic acids is 1. The van der Waals surface area contributed by atoms with Gasteiger partial charge in [-0.3, -0.25) is 14.6 Å². The van der Waals surface area contributed by atoms with Crippen molar-refractivity contribution in [3.05, 3.63) is 11.1 Å². The molecule has 0 fully saturated rings. The maximum absolute atomic E-state index is 11.8. The van der Waals surface area contributed by atoms with Gasteiger partial charge in [0.2, 0.25) is 11.8 Å². The Balaban J connectivity index is 1.90. The van der Waals surface area contributed by atoms with E-state index in [1.54, 1.807) is 0 Å². The van der Waals surface area contributed by atoms with Crippen molar-refractivity contribution >= 4 is 34.7 Å². The van der Waals surface area contributed by atoms with Crippen LogP contribution < -0.4 is 11.1 Å². The molecule has 2 aliphatic rings. The van der Waals surface area contributed by atoms with Crippen LogP contribution in [0.15, 0.2) is 16.1 Å². The van der Waals surface area contributed by atoms with Gasteiger partial charge in [0.15, 0.2) is 5.17 Å². The van der Waals surface area contributed by atoms with Crippen LogP contribution in [-0.2, 0) is 14.4 Å². The standard InChI is InChI=1S/C11H14N4O4S/c12-8(16)4-7(10(18)19)14-9(17)3-6-5-20-11-13-1-2-15(6)11/h5,7H,1-4H2,(H2,12,16)(H,14,17)(H,18,19). The first-order valence-corrected chi connectivity index (χ1v) is 6.83. The van der Waals surface area contributed by atoms with Gasteiger partial charge in [-0.1, -0.05) is 11.8 Å². The lowest BCUT2D eigenvalue weighted by Gasteiger charge is -2.17. The van der Waals surface area contributed by atoms with Crippen molar-refractivity contribution in [3.8, 4) is 0 Å². The van der Waals surface area contributed by atoms with E-state index < -0.39 is 30.2 Å². The number of rotatable bonds is 6. The normalized spacial score (nSPS) is 18.1. The number of aliphatic carboxylic acids is 1. The number of hydrogen-bond acceptors (Lipinski definition) is 6. The molecule has 2 rings (SSSR count). The smallest absolute Gasteiger partial charge is 0.326 e. The van der Waals surface area contributed by atoms with E-state index in [0.29, 0.717) is 6.54 Å². The van der Waals surface area contributed by atoms with Gasteiger partial charge in [-0.2, -0.15) is 0 Å². The van der Waals surface area contributed by atoms with Crippen molar-refractivity contribution in [2.24, 2.45) is 10.7 Å². The second-order valence-corrected chi connectivity index (χ2v) is 5.19. The topological polar surface area (TPSA) is 125 Å². The van der Waals surface area contributed by atoms with Crippen molar-refractivity contribution in [1.82, 2.24) is 10.2 Å². The third-order valence-corrected chi connectivity index (χ3v) is 3.78. The lowest BCUT2D eigenvalue weighted by Crippen LogP contribution is -2.43. The lowest BCUT2D eigenvalue weighted by molar-refractivity contribution is -0.143. The molecule has 1 atom stereocenters. The second-order valence-electron chi connectivity index (χ2n) is 4.35. The molecule has 20 heavy (non-hydrogen) atoms. The first-order chi connectivity index (χ1) is 9.47. The first kappa shape index (κ1) is 14.4.